The first kappa shape index (κ1) is 65.4. The number of unbranched alkanes of at least 4 members (excludes halogenated alkanes) is 46. The van der Waals surface area contributed by atoms with Gasteiger partial charge in [0, 0.05) is 19.3 Å². The molecule has 398 valence electrons. The van der Waals surface area contributed by atoms with E-state index in [1.807, 2.05) is 0 Å². The highest BCUT2D eigenvalue weighted by Crippen LogP contribution is 2.18. The molecule has 0 aliphatic heterocycles. The van der Waals surface area contributed by atoms with Crippen LogP contribution < -0.4 is 0 Å². The monoisotopic (exact) mass is 947 g/mol. The van der Waals surface area contributed by atoms with Crippen LogP contribution in [0, 0.1) is 0 Å². The first-order chi connectivity index (χ1) is 33.0. The molecule has 1 atom stereocenters. The number of ether oxygens (including phenoxy) is 3. The van der Waals surface area contributed by atoms with Gasteiger partial charge in [-0.05, 0) is 19.3 Å². The Labute approximate surface area is 418 Å². The summed E-state index contributed by atoms with van der Waals surface area (Å²) in [4.78, 5) is 38.2. The normalized spacial score (nSPS) is 11.9. The maximum absolute atomic E-state index is 12.9. The van der Waals surface area contributed by atoms with Crippen molar-refractivity contribution in [3.63, 3.8) is 0 Å². The minimum atomic E-state index is -0.761. The molecule has 0 aromatic rings. The summed E-state index contributed by atoms with van der Waals surface area (Å²) in [5.41, 5.74) is 0. The number of hydrogen-bond donors (Lipinski definition) is 0. The van der Waals surface area contributed by atoms with Gasteiger partial charge in [-0.2, -0.15) is 0 Å². The summed E-state index contributed by atoms with van der Waals surface area (Å²) in [5.74, 6) is -0.827. The van der Waals surface area contributed by atoms with Crippen molar-refractivity contribution in [3.8, 4) is 0 Å². The summed E-state index contributed by atoms with van der Waals surface area (Å²) in [5, 5.41) is 0. The molecular weight excluding hydrogens is 829 g/mol. The van der Waals surface area contributed by atoms with Gasteiger partial charge in [0.1, 0.15) is 13.2 Å². The van der Waals surface area contributed by atoms with Crippen LogP contribution in [0.15, 0.2) is 0 Å². The van der Waals surface area contributed by atoms with Gasteiger partial charge in [0.15, 0.2) is 6.10 Å². The number of carbonyl (C=O) groups is 3. The average Bonchev–Trinajstić information content (AvgIpc) is 3.33. The van der Waals surface area contributed by atoms with Crippen molar-refractivity contribution in [1.82, 2.24) is 0 Å². The van der Waals surface area contributed by atoms with E-state index in [2.05, 4.69) is 20.8 Å². The van der Waals surface area contributed by atoms with Crippen molar-refractivity contribution in [2.75, 3.05) is 13.2 Å². The predicted molar refractivity (Wildman–Crippen MR) is 289 cm³/mol. The Bertz CT molecular complexity index is 998. The van der Waals surface area contributed by atoms with Crippen molar-refractivity contribution >= 4 is 17.9 Å². The molecule has 0 saturated heterocycles. The smallest absolute Gasteiger partial charge is 0.306 e. The molecule has 6 heteroatoms. The third kappa shape index (κ3) is 55.2. The van der Waals surface area contributed by atoms with Crippen LogP contribution in [-0.2, 0) is 28.6 Å². The largest absolute Gasteiger partial charge is 0.462 e. The lowest BCUT2D eigenvalue weighted by Crippen LogP contribution is -2.30. The number of hydrogen-bond acceptors (Lipinski definition) is 6. The number of carbonyl (C=O) groups excluding carboxylic acids is 3. The van der Waals surface area contributed by atoms with Crippen LogP contribution in [-0.4, -0.2) is 37.2 Å². The third-order valence-corrected chi connectivity index (χ3v) is 14.1. The first-order valence-electron chi connectivity index (χ1n) is 30.5. The summed E-state index contributed by atoms with van der Waals surface area (Å²) in [6, 6.07) is 0. The second kappa shape index (κ2) is 57.0. The summed E-state index contributed by atoms with van der Waals surface area (Å²) < 4.78 is 16.9. The first-order valence-corrected chi connectivity index (χ1v) is 30.5. The molecule has 0 amide bonds. The summed E-state index contributed by atoms with van der Waals surface area (Å²) >= 11 is 0. The zero-order valence-corrected chi connectivity index (χ0v) is 45.7. The molecule has 67 heavy (non-hydrogen) atoms. The molecular formula is C61H118O6. The molecule has 0 rings (SSSR count). The van der Waals surface area contributed by atoms with E-state index in [0.29, 0.717) is 19.3 Å². The molecule has 0 bridgehead atoms. The zero-order valence-electron chi connectivity index (χ0n) is 45.7. The summed E-state index contributed by atoms with van der Waals surface area (Å²) in [6.45, 7) is 6.72. The minimum Gasteiger partial charge on any atom is -0.462 e. The molecule has 0 radical (unpaired) electrons. The molecule has 0 aromatic carbocycles. The molecule has 0 heterocycles. The molecule has 0 aliphatic carbocycles. The van der Waals surface area contributed by atoms with Crippen LogP contribution in [0.5, 0.6) is 0 Å². The second-order valence-corrected chi connectivity index (χ2v) is 21.0. The summed E-state index contributed by atoms with van der Waals surface area (Å²) in [7, 11) is 0. The topological polar surface area (TPSA) is 78.9 Å². The van der Waals surface area contributed by atoms with Crippen LogP contribution >= 0.6 is 0 Å². The molecule has 0 aromatic heterocycles. The third-order valence-electron chi connectivity index (χ3n) is 14.1. The fourth-order valence-corrected chi connectivity index (χ4v) is 9.51. The average molecular weight is 948 g/mol. The van der Waals surface area contributed by atoms with Crippen LogP contribution in [0.3, 0.4) is 0 Å². The fourth-order valence-electron chi connectivity index (χ4n) is 9.51. The van der Waals surface area contributed by atoms with E-state index in [1.165, 1.54) is 257 Å². The van der Waals surface area contributed by atoms with Crippen LogP contribution in [0.4, 0.5) is 0 Å². The van der Waals surface area contributed by atoms with E-state index in [1.54, 1.807) is 0 Å². The number of rotatable bonds is 57. The number of esters is 3. The van der Waals surface area contributed by atoms with Crippen molar-refractivity contribution in [3.05, 3.63) is 0 Å². The Balaban J connectivity index is 4.29. The fraction of sp³-hybridized carbons (Fsp3) is 0.951. The minimum absolute atomic E-state index is 0.0607. The highest BCUT2D eigenvalue weighted by molar-refractivity contribution is 5.71. The maximum atomic E-state index is 12.9. The van der Waals surface area contributed by atoms with E-state index < -0.39 is 6.10 Å². The quantitative estimate of drug-likeness (QED) is 0.0343. The van der Waals surface area contributed by atoms with Gasteiger partial charge in [0.2, 0.25) is 0 Å². The maximum Gasteiger partial charge on any atom is 0.306 e. The molecule has 0 N–H and O–H groups in total. The highest BCUT2D eigenvalue weighted by Gasteiger charge is 2.19. The van der Waals surface area contributed by atoms with Gasteiger partial charge in [-0.25, -0.2) is 0 Å². The van der Waals surface area contributed by atoms with Crippen molar-refractivity contribution in [2.45, 2.75) is 361 Å². The lowest BCUT2D eigenvalue weighted by Gasteiger charge is -2.18. The van der Waals surface area contributed by atoms with Gasteiger partial charge in [-0.3, -0.25) is 14.4 Å². The Morgan fingerprint density at radius 3 is 0.597 bits per heavy atom. The van der Waals surface area contributed by atoms with Crippen LogP contribution in [0.25, 0.3) is 0 Å². The van der Waals surface area contributed by atoms with Crippen molar-refractivity contribution in [1.29, 1.82) is 0 Å². The Kier molecular flexibility index (Phi) is 55.6. The lowest BCUT2D eigenvalue weighted by molar-refractivity contribution is -0.167. The molecule has 0 fully saturated rings. The highest BCUT2D eigenvalue weighted by atomic mass is 16.6. The molecule has 0 spiro atoms. The van der Waals surface area contributed by atoms with Gasteiger partial charge in [-0.15, -0.1) is 0 Å². The SMILES string of the molecule is CCCCCCCCCCCCCCCCCCCC(=O)OC[C@H](COC(=O)CCCCCCCCCCCCCCCCC)OC(=O)CCCCCCCCCCCCCCCCCCC. The molecule has 6 nitrogen and oxygen atoms in total. The van der Waals surface area contributed by atoms with E-state index in [4.69, 9.17) is 14.2 Å². The predicted octanol–water partition coefficient (Wildman–Crippen LogP) is 20.3. The van der Waals surface area contributed by atoms with E-state index in [9.17, 15) is 14.4 Å². The molecule has 0 aliphatic rings. The van der Waals surface area contributed by atoms with Crippen LogP contribution in [0.2, 0.25) is 0 Å². The Morgan fingerprint density at radius 2 is 0.403 bits per heavy atom. The van der Waals surface area contributed by atoms with E-state index in [-0.39, 0.29) is 31.1 Å². The van der Waals surface area contributed by atoms with Gasteiger partial charge >= 0.3 is 17.9 Å². The Hall–Kier alpha value is -1.59. The Morgan fingerprint density at radius 1 is 0.239 bits per heavy atom. The lowest BCUT2D eigenvalue weighted by atomic mass is 10.0. The summed E-state index contributed by atoms with van der Waals surface area (Å²) in [6.07, 6.45) is 63.8. The molecule has 0 saturated carbocycles. The molecule has 0 unspecified atom stereocenters. The van der Waals surface area contributed by atoms with Crippen molar-refractivity contribution in [2.24, 2.45) is 0 Å². The van der Waals surface area contributed by atoms with Gasteiger partial charge in [-0.1, -0.05) is 316 Å². The second-order valence-electron chi connectivity index (χ2n) is 21.0. The van der Waals surface area contributed by atoms with Gasteiger partial charge in [0.25, 0.3) is 0 Å². The van der Waals surface area contributed by atoms with Gasteiger partial charge < -0.3 is 14.2 Å². The van der Waals surface area contributed by atoms with Crippen LogP contribution in [0.1, 0.15) is 355 Å². The van der Waals surface area contributed by atoms with Gasteiger partial charge in [0.05, 0.1) is 0 Å². The van der Waals surface area contributed by atoms with E-state index >= 15 is 0 Å². The standard InChI is InChI=1S/C61H118O6/c1-4-7-10-13-16-19-22-25-28-30-33-36-39-42-45-48-51-54-60(63)66-57-58(56-65-59(62)53-50-47-44-41-38-35-32-27-24-21-18-15-12-9-6-3)67-61(64)55-52-49-46-43-40-37-34-31-29-26-23-20-17-14-11-8-5-2/h58H,4-57H2,1-3H3/t58-/m0/s1. The zero-order chi connectivity index (χ0) is 48.6. The van der Waals surface area contributed by atoms with E-state index in [0.717, 1.165) is 57.8 Å². The van der Waals surface area contributed by atoms with Crippen molar-refractivity contribution < 1.29 is 28.6 Å².